The topological polar surface area (TPSA) is 108 Å². The number of furan rings is 1. The number of alkyl halides is 3. The molecule has 0 unspecified atom stereocenters. The van der Waals surface area contributed by atoms with E-state index in [1.54, 1.807) is 29.6 Å². The third-order valence-corrected chi connectivity index (χ3v) is 5.64. The van der Waals surface area contributed by atoms with Crippen molar-refractivity contribution in [2.75, 3.05) is 5.75 Å². The highest BCUT2D eigenvalue weighted by Crippen LogP contribution is 2.38. The number of hydrogen-bond donors (Lipinski definition) is 2. The van der Waals surface area contributed by atoms with E-state index in [1.807, 2.05) is 0 Å². The van der Waals surface area contributed by atoms with Crippen LogP contribution >= 0.6 is 23.1 Å². The standard InChI is InChI=1S/C19H13F3N4O3S2/c20-19(21,22)13-7-14(15-4-2-6-30-15)25-17(12(13)8-23)31-10-16(27)26-18(28)24-9-11-3-1-5-29-11/h1-7H,9-10H2,(H2,24,26,27,28). The number of halogens is 3. The molecule has 0 aliphatic rings. The summed E-state index contributed by atoms with van der Waals surface area (Å²) in [5, 5.41) is 15.2. The van der Waals surface area contributed by atoms with Gasteiger partial charge in [-0.3, -0.25) is 10.1 Å². The first-order chi connectivity index (χ1) is 14.8. The molecule has 0 saturated heterocycles. The minimum Gasteiger partial charge on any atom is -0.467 e. The molecule has 3 rings (SSSR count). The molecule has 3 amide bonds. The van der Waals surface area contributed by atoms with E-state index < -0.39 is 35.0 Å². The van der Waals surface area contributed by atoms with Crippen molar-refractivity contribution < 1.29 is 27.2 Å². The summed E-state index contributed by atoms with van der Waals surface area (Å²) in [5.41, 5.74) is -1.76. The predicted molar refractivity (Wildman–Crippen MR) is 107 cm³/mol. The van der Waals surface area contributed by atoms with Crippen molar-refractivity contribution in [1.82, 2.24) is 15.6 Å². The number of rotatable bonds is 6. The number of carbonyl (C=O) groups is 2. The van der Waals surface area contributed by atoms with Gasteiger partial charge in [0.05, 0.1) is 40.3 Å². The average molecular weight is 466 g/mol. The molecule has 0 aliphatic heterocycles. The molecule has 160 valence electrons. The van der Waals surface area contributed by atoms with Gasteiger partial charge in [0, 0.05) is 0 Å². The van der Waals surface area contributed by atoms with E-state index >= 15 is 0 Å². The number of thiophene rings is 1. The third kappa shape index (κ3) is 5.87. The van der Waals surface area contributed by atoms with Gasteiger partial charge in [0.2, 0.25) is 5.91 Å². The molecule has 3 heterocycles. The first-order valence-corrected chi connectivity index (χ1v) is 10.4. The molecule has 0 radical (unpaired) electrons. The average Bonchev–Trinajstić information content (AvgIpc) is 3.43. The number of nitriles is 1. The van der Waals surface area contributed by atoms with Crippen LogP contribution in [0.25, 0.3) is 10.6 Å². The van der Waals surface area contributed by atoms with Crippen molar-refractivity contribution in [3.8, 4) is 16.6 Å². The molecular weight excluding hydrogens is 453 g/mol. The van der Waals surface area contributed by atoms with Crippen molar-refractivity contribution in [2.24, 2.45) is 0 Å². The second kappa shape index (κ2) is 9.67. The van der Waals surface area contributed by atoms with Gasteiger partial charge in [0.15, 0.2) is 0 Å². The Balaban J connectivity index is 1.72. The van der Waals surface area contributed by atoms with Gasteiger partial charge in [0.25, 0.3) is 0 Å². The SMILES string of the molecule is N#Cc1c(C(F)(F)F)cc(-c2cccs2)nc1SCC(=O)NC(=O)NCc1ccco1. The van der Waals surface area contributed by atoms with Gasteiger partial charge in [-0.25, -0.2) is 9.78 Å². The van der Waals surface area contributed by atoms with Crippen LogP contribution in [0.5, 0.6) is 0 Å². The molecule has 3 aromatic heterocycles. The lowest BCUT2D eigenvalue weighted by atomic mass is 10.1. The van der Waals surface area contributed by atoms with Crippen molar-refractivity contribution in [1.29, 1.82) is 5.26 Å². The van der Waals surface area contributed by atoms with Gasteiger partial charge < -0.3 is 9.73 Å². The van der Waals surface area contributed by atoms with Gasteiger partial charge in [-0.1, -0.05) is 17.8 Å². The van der Waals surface area contributed by atoms with E-state index in [1.165, 1.54) is 23.7 Å². The Bertz CT molecular complexity index is 1110. The van der Waals surface area contributed by atoms with Gasteiger partial charge in [-0.2, -0.15) is 18.4 Å². The Morgan fingerprint density at radius 1 is 1.29 bits per heavy atom. The normalized spacial score (nSPS) is 11.0. The van der Waals surface area contributed by atoms with Gasteiger partial charge in [0.1, 0.15) is 16.9 Å². The number of nitrogens with zero attached hydrogens (tertiary/aromatic N) is 2. The van der Waals surface area contributed by atoms with E-state index in [2.05, 4.69) is 15.6 Å². The van der Waals surface area contributed by atoms with Crippen LogP contribution in [0.4, 0.5) is 18.0 Å². The molecule has 0 aromatic carbocycles. The highest BCUT2D eigenvalue weighted by molar-refractivity contribution is 8.00. The summed E-state index contributed by atoms with van der Waals surface area (Å²) in [5.74, 6) is -0.700. The van der Waals surface area contributed by atoms with Gasteiger partial charge in [-0.05, 0) is 29.6 Å². The highest BCUT2D eigenvalue weighted by atomic mass is 32.2. The molecule has 0 aliphatic carbocycles. The zero-order chi connectivity index (χ0) is 22.4. The third-order valence-electron chi connectivity index (χ3n) is 3.77. The predicted octanol–water partition coefficient (Wildman–Crippen LogP) is 4.41. The fourth-order valence-corrected chi connectivity index (χ4v) is 3.92. The second-order valence-electron chi connectivity index (χ2n) is 5.92. The number of imide groups is 1. The summed E-state index contributed by atoms with van der Waals surface area (Å²) in [6.45, 7) is 0.0528. The van der Waals surface area contributed by atoms with Crippen LogP contribution in [-0.2, 0) is 17.5 Å². The Labute approximate surface area is 182 Å². The summed E-state index contributed by atoms with van der Waals surface area (Å²) in [6, 6.07) is 8.07. The maximum atomic E-state index is 13.5. The van der Waals surface area contributed by atoms with Crippen molar-refractivity contribution in [3.05, 3.63) is 58.9 Å². The first-order valence-electron chi connectivity index (χ1n) is 8.57. The lowest BCUT2D eigenvalue weighted by Gasteiger charge is -2.13. The summed E-state index contributed by atoms with van der Waals surface area (Å²) < 4.78 is 45.5. The van der Waals surface area contributed by atoms with E-state index in [-0.39, 0.29) is 17.3 Å². The Morgan fingerprint density at radius 2 is 2.10 bits per heavy atom. The molecule has 2 N–H and O–H groups in total. The Hall–Kier alpha value is -3.30. The number of thioether (sulfide) groups is 1. The van der Waals surface area contributed by atoms with Crippen molar-refractivity contribution >= 4 is 35.0 Å². The number of hydrogen-bond acceptors (Lipinski definition) is 7. The molecule has 12 heteroatoms. The van der Waals surface area contributed by atoms with Gasteiger partial charge >= 0.3 is 12.2 Å². The van der Waals surface area contributed by atoms with E-state index in [0.717, 1.165) is 6.07 Å². The maximum Gasteiger partial charge on any atom is 0.417 e. The molecule has 0 fully saturated rings. The fourth-order valence-electron chi connectivity index (χ4n) is 2.43. The summed E-state index contributed by atoms with van der Waals surface area (Å²) in [4.78, 5) is 28.4. The van der Waals surface area contributed by atoms with E-state index in [9.17, 15) is 28.0 Å². The van der Waals surface area contributed by atoms with Crippen molar-refractivity contribution in [3.63, 3.8) is 0 Å². The molecule has 0 saturated carbocycles. The number of urea groups is 1. The van der Waals surface area contributed by atoms with Crippen LogP contribution in [0.15, 0.2) is 51.4 Å². The molecule has 7 nitrogen and oxygen atoms in total. The Morgan fingerprint density at radius 3 is 2.71 bits per heavy atom. The smallest absolute Gasteiger partial charge is 0.417 e. The van der Waals surface area contributed by atoms with Crippen LogP contribution < -0.4 is 10.6 Å². The molecule has 0 spiro atoms. The lowest BCUT2D eigenvalue weighted by Crippen LogP contribution is -2.39. The number of aromatic nitrogens is 1. The number of nitrogens with one attached hydrogen (secondary N) is 2. The van der Waals surface area contributed by atoms with E-state index in [0.29, 0.717) is 22.4 Å². The quantitative estimate of drug-likeness (QED) is 0.521. The van der Waals surface area contributed by atoms with Crippen LogP contribution in [0.3, 0.4) is 0 Å². The minimum absolute atomic E-state index is 0.0421. The summed E-state index contributed by atoms with van der Waals surface area (Å²) in [7, 11) is 0. The molecule has 0 bridgehead atoms. The van der Waals surface area contributed by atoms with Crippen LogP contribution in [0.1, 0.15) is 16.9 Å². The van der Waals surface area contributed by atoms with Crippen LogP contribution in [-0.4, -0.2) is 22.7 Å². The zero-order valence-electron chi connectivity index (χ0n) is 15.5. The first kappa shape index (κ1) is 22.4. The van der Waals surface area contributed by atoms with E-state index in [4.69, 9.17) is 4.42 Å². The molecule has 31 heavy (non-hydrogen) atoms. The summed E-state index contributed by atoms with van der Waals surface area (Å²) in [6.07, 6.45) is -3.35. The number of amides is 3. The lowest BCUT2D eigenvalue weighted by molar-refractivity contribution is -0.138. The monoisotopic (exact) mass is 466 g/mol. The maximum absolute atomic E-state index is 13.5. The molecular formula is C19H13F3N4O3S2. The van der Waals surface area contributed by atoms with Crippen LogP contribution in [0, 0.1) is 11.3 Å². The highest BCUT2D eigenvalue weighted by Gasteiger charge is 2.36. The van der Waals surface area contributed by atoms with Crippen LogP contribution in [0.2, 0.25) is 0 Å². The Kier molecular flexibility index (Phi) is 6.98. The molecule has 0 atom stereocenters. The van der Waals surface area contributed by atoms with Crippen molar-refractivity contribution in [2.45, 2.75) is 17.7 Å². The number of carbonyl (C=O) groups excluding carboxylic acids is 2. The second-order valence-corrected chi connectivity index (χ2v) is 7.83. The largest absolute Gasteiger partial charge is 0.467 e. The van der Waals surface area contributed by atoms with Gasteiger partial charge in [-0.15, -0.1) is 11.3 Å². The zero-order valence-corrected chi connectivity index (χ0v) is 17.2. The fraction of sp³-hybridized carbons (Fsp3) is 0.158. The number of pyridine rings is 1. The summed E-state index contributed by atoms with van der Waals surface area (Å²) >= 11 is 1.83. The molecule has 3 aromatic rings. The minimum atomic E-state index is -4.77.